The molecule has 1 atom stereocenters. The van der Waals surface area contributed by atoms with Crippen LogP contribution in [0.1, 0.15) is 30.5 Å². The predicted molar refractivity (Wildman–Crippen MR) is 108 cm³/mol. The average Bonchev–Trinajstić information content (AvgIpc) is 2.62. The van der Waals surface area contributed by atoms with Crippen LogP contribution in [0.3, 0.4) is 0 Å². The smallest absolute Gasteiger partial charge is 0.171 e. The van der Waals surface area contributed by atoms with E-state index >= 15 is 0 Å². The largest absolute Gasteiger partial charge is 0.493 e. The maximum absolute atomic E-state index is 6.16. The molecule has 0 aliphatic carbocycles. The number of ether oxygens (including phenoxy) is 2. The van der Waals surface area contributed by atoms with E-state index in [0.29, 0.717) is 21.6 Å². The summed E-state index contributed by atoms with van der Waals surface area (Å²) in [4.78, 5) is 0. The highest BCUT2D eigenvalue weighted by Gasteiger charge is 2.14. The van der Waals surface area contributed by atoms with Crippen LogP contribution in [-0.2, 0) is 0 Å². The number of aryl methyl sites for hydroxylation is 1. The van der Waals surface area contributed by atoms with Gasteiger partial charge in [-0.25, -0.2) is 0 Å². The lowest BCUT2D eigenvalue weighted by molar-refractivity contribution is 0.354. The number of anilines is 1. The lowest BCUT2D eigenvalue weighted by Crippen LogP contribution is -2.32. The van der Waals surface area contributed by atoms with E-state index in [1.807, 2.05) is 43.3 Å². The fourth-order valence-electron chi connectivity index (χ4n) is 2.49. The first-order valence-corrected chi connectivity index (χ1v) is 8.82. The molecule has 0 saturated heterocycles. The van der Waals surface area contributed by atoms with E-state index in [1.165, 1.54) is 0 Å². The molecule has 0 aliphatic rings. The zero-order chi connectivity index (χ0) is 18.4. The molecule has 4 nitrogen and oxygen atoms in total. The van der Waals surface area contributed by atoms with Crippen molar-refractivity contribution in [1.82, 2.24) is 5.32 Å². The van der Waals surface area contributed by atoms with E-state index in [-0.39, 0.29) is 6.04 Å². The van der Waals surface area contributed by atoms with Crippen molar-refractivity contribution in [3.05, 3.63) is 52.5 Å². The Hall–Kier alpha value is -1.98. The average molecular weight is 379 g/mol. The van der Waals surface area contributed by atoms with Gasteiger partial charge < -0.3 is 20.1 Å². The molecule has 0 aromatic heterocycles. The number of halogens is 1. The number of benzene rings is 2. The molecule has 0 unspecified atom stereocenters. The molecule has 0 heterocycles. The van der Waals surface area contributed by atoms with Crippen LogP contribution in [-0.4, -0.2) is 19.3 Å². The summed E-state index contributed by atoms with van der Waals surface area (Å²) in [6.07, 6.45) is 0.867. The Labute approximate surface area is 159 Å². The Bertz CT molecular complexity index is 752. The number of thiocarbonyl (C=S) groups is 1. The third-order valence-corrected chi connectivity index (χ3v) is 4.58. The van der Waals surface area contributed by atoms with Crippen LogP contribution >= 0.6 is 23.8 Å². The van der Waals surface area contributed by atoms with Gasteiger partial charge >= 0.3 is 0 Å². The number of methoxy groups -OCH3 is 2. The molecule has 0 aliphatic heterocycles. The fraction of sp³-hybridized carbons (Fsp3) is 0.316. The van der Waals surface area contributed by atoms with Gasteiger partial charge in [0.2, 0.25) is 0 Å². The Morgan fingerprint density at radius 2 is 1.84 bits per heavy atom. The maximum atomic E-state index is 6.16. The van der Waals surface area contributed by atoms with Crippen LogP contribution in [0.25, 0.3) is 0 Å². The van der Waals surface area contributed by atoms with E-state index in [2.05, 4.69) is 17.6 Å². The molecule has 0 spiro atoms. The molecule has 0 fully saturated rings. The second kappa shape index (κ2) is 8.92. The Morgan fingerprint density at radius 3 is 2.44 bits per heavy atom. The first-order valence-electron chi connectivity index (χ1n) is 8.04. The lowest BCUT2D eigenvalue weighted by atomic mass is 10.0. The molecule has 2 N–H and O–H groups in total. The van der Waals surface area contributed by atoms with Crippen molar-refractivity contribution in [3.63, 3.8) is 0 Å². The number of hydrogen-bond acceptors (Lipinski definition) is 3. The van der Waals surface area contributed by atoms with E-state index in [9.17, 15) is 0 Å². The van der Waals surface area contributed by atoms with Crippen LogP contribution in [0.4, 0.5) is 5.69 Å². The second-order valence-corrected chi connectivity index (χ2v) is 6.45. The predicted octanol–water partition coefficient (Wildman–Crippen LogP) is 5.10. The highest BCUT2D eigenvalue weighted by atomic mass is 35.5. The van der Waals surface area contributed by atoms with Gasteiger partial charge in [0.1, 0.15) is 0 Å². The molecule has 134 valence electrons. The Balaban J connectivity index is 2.10. The van der Waals surface area contributed by atoms with Crippen molar-refractivity contribution in [2.45, 2.75) is 26.3 Å². The minimum absolute atomic E-state index is 0.0562. The van der Waals surface area contributed by atoms with Gasteiger partial charge in [-0.1, -0.05) is 30.7 Å². The normalized spacial score (nSPS) is 11.6. The van der Waals surface area contributed by atoms with Crippen molar-refractivity contribution in [2.75, 3.05) is 19.5 Å². The zero-order valence-corrected chi connectivity index (χ0v) is 16.4. The highest BCUT2D eigenvalue weighted by Crippen LogP contribution is 2.31. The third-order valence-electron chi connectivity index (χ3n) is 3.95. The molecule has 2 aromatic carbocycles. The van der Waals surface area contributed by atoms with Crippen LogP contribution in [0.5, 0.6) is 11.5 Å². The first-order chi connectivity index (χ1) is 12.0. The summed E-state index contributed by atoms with van der Waals surface area (Å²) < 4.78 is 10.7. The number of nitrogens with one attached hydrogen (secondary N) is 2. The fourth-order valence-corrected chi connectivity index (χ4v) is 2.93. The van der Waals surface area contributed by atoms with E-state index < -0.39 is 0 Å². The Kier molecular flexibility index (Phi) is 6.91. The lowest BCUT2D eigenvalue weighted by Gasteiger charge is -2.21. The van der Waals surface area contributed by atoms with Gasteiger partial charge in [0, 0.05) is 10.7 Å². The first kappa shape index (κ1) is 19.3. The van der Waals surface area contributed by atoms with E-state index in [0.717, 1.165) is 23.2 Å². The second-order valence-electron chi connectivity index (χ2n) is 5.64. The molecule has 2 aromatic rings. The third kappa shape index (κ3) is 5.00. The van der Waals surface area contributed by atoms with E-state index in [1.54, 1.807) is 14.2 Å². The molecular weight excluding hydrogens is 356 g/mol. The molecular formula is C19H23ClN2O2S. The van der Waals surface area contributed by atoms with Gasteiger partial charge in [0.25, 0.3) is 0 Å². The SMILES string of the molecule is CC[C@@H](NC(=S)Nc1ccc(C)c(Cl)c1)c1ccc(OC)c(OC)c1. The molecule has 0 radical (unpaired) electrons. The summed E-state index contributed by atoms with van der Waals surface area (Å²) in [5.41, 5.74) is 2.96. The van der Waals surface area contributed by atoms with Gasteiger partial charge in [0.05, 0.1) is 20.3 Å². The van der Waals surface area contributed by atoms with Gasteiger partial charge in [-0.05, 0) is 61.0 Å². The standard InChI is InChI=1S/C19H23ClN2O2S/c1-5-16(13-7-9-17(23-3)18(10-13)24-4)22-19(25)21-14-8-6-12(2)15(20)11-14/h6-11,16H,5H2,1-4H3,(H2,21,22,25)/t16-/m1/s1. The zero-order valence-electron chi connectivity index (χ0n) is 14.9. The summed E-state index contributed by atoms with van der Waals surface area (Å²) in [6, 6.07) is 11.7. The van der Waals surface area contributed by atoms with Crippen molar-refractivity contribution < 1.29 is 9.47 Å². The summed E-state index contributed by atoms with van der Waals surface area (Å²) in [6.45, 7) is 4.06. The van der Waals surface area contributed by atoms with Crippen molar-refractivity contribution >= 4 is 34.6 Å². The summed E-state index contributed by atoms with van der Waals surface area (Å²) >= 11 is 11.6. The minimum Gasteiger partial charge on any atom is -0.493 e. The highest BCUT2D eigenvalue weighted by molar-refractivity contribution is 7.80. The molecule has 2 rings (SSSR count). The summed E-state index contributed by atoms with van der Waals surface area (Å²) in [7, 11) is 3.25. The van der Waals surface area contributed by atoms with E-state index in [4.69, 9.17) is 33.3 Å². The van der Waals surface area contributed by atoms with Gasteiger partial charge in [-0.3, -0.25) is 0 Å². The maximum Gasteiger partial charge on any atom is 0.171 e. The monoisotopic (exact) mass is 378 g/mol. The molecule has 0 amide bonds. The summed E-state index contributed by atoms with van der Waals surface area (Å²) in [5.74, 6) is 1.40. The van der Waals surface area contributed by atoms with Crippen LogP contribution in [0.2, 0.25) is 5.02 Å². The topological polar surface area (TPSA) is 42.5 Å². The molecule has 6 heteroatoms. The number of rotatable bonds is 6. The van der Waals surface area contributed by atoms with Gasteiger partial charge in [-0.15, -0.1) is 0 Å². The Morgan fingerprint density at radius 1 is 1.12 bits per heavy atom. The molecule has 25 heavy (non-hydrogen) atoms. The number of hydrogen-bond donors (Lipinski definition) is 2. The van der Waals surface area contributed by atoms with Crippen molar-refractivity contribution in [1.29, 1.82) is 0 Å². The summed E-state index contributed by atoms with van der Waals surface area (Å²) in [5, 5.41) is 7.76. The molecule has 0 bridgehead atoms. The quantitative estimate of drug-likeness (QED) is 0.684. The van der Waals surface area contributed by atoms with Crippen molar-refractivity contribution in [3.8, 4) is 11.5 Å². The van der Waals surface area contributed by atoms with Gasteiger partial charge in [-0.2, -0.15) is 0 Å². The molecule has 0 saturated carbocycles. The minimum atomic E-state index is 0.0562. The van der Waals surface area contributed by atoms with Gasteiger partial charge in [0.15, 0.2) is 16.6 Å². The van der Waals surface area contributed by atoms with Crippen molar-refractivity contribution in [2.24, 2.45) is 0 Å². The van der Waals surface area contributed by atoms with Crippen LogP contribution < -0.4 is 20.1 Å². The van der Waals surface area contributed by atoms with Crippen LogP contribution in [0.15, 0.2) is 36.4 Å². The van der Waals surface area contributed by atoms with Crippen LogP contribution in [0, 0.1) is 6.92 Å².